The molecule has 1 aromatic carbocycles. The first-order valence-corrected chi connectivity index (χ1v) is 7.46. The third-order valence-corrected chi connectivity index (χ3v) is 4.62. The topological polar surface area (TPSA) is 80.4 Å². The highest BCUT2D eigenvalue weighted by Crippen LogP contribution is 2.43. The lowest BCUT2D eigenvalue weighted by atomic mass is 9.72. The maximum absolute atomic E-state index is 11.8. The number of phenolic OH excluding ortho intramolecular Hbond substituents is 1. The fourth-order valence-electron chi connectivity index (χ4n) is 2.19. The van der Waals surface area contributed by atoms with E-state index in [0.29, 0.717) is 11.1 Å². The van der Waals surface area contributed by atoms with E-state index in [0.717, 1.165) is 19.3 Å². The molecule has 1 aliphatic carbocycles. The maximum atomic E-state index is 11.8. The van der Waals surface area contributed by atoms with Crippen molar-refractivity contribution in [2.45, 2.75) is 36.6 Å². The number of aryl methyl sites for hydroxylation is 1. The van der Waals surface area contributed by atoms with Crippen LogP contribution in [0.5, 0.6) is 5.75 Å². The molecule has 4 nitrogen and oxygen atoms in total. The van der Waals surface area contributed by atoms with Gasteiger partial charge in [0.25, 0.3) is 0 Å². The van der Waals surface area contributed by atoms with Gasteiger partial charge in [0, 0.05) is 11.8 Å². The van der Waals surface area contributed by atoms with Gasteiger partial charge in [-0.15, -0.1) is 0 Å². The molecule has 5 heteroatoms. The molecule has 1 aromatic rings. The average molecular weight is 255 g/mol. The summed E-state index contributed by atoms with van der Waals surface area (Å²) in [7, 11) is -3.32. The van der Waals surface area contributed by atoms with E-state index >= 15 is 0 Å². The Morgan fingerprint density at radius 3 is 2.35 bits per heavy atom. The van der Waals surface area contributed by atoms with Gasteiger partial charge in [-0.3, -0.25) is 0 Å². The number of phenols is 1. The summed E-state index contributed by atoms with van der Waals surface area (Å²) in [6, 6.07) is 3.01. The zero-order valence-corrected chi connectivity index (χ0v) is 10.8. The largest absolute Gasteiger partial charge is 0.508 e. The van der Waals surface area contributed by atoms with Crippen molar-refractivity contribution >= 4 is 9.84 Å². The first kappa shape index (κ1) is 12.4. The van der Waals surface area contributed by atoms with E-state index in [2.05, 4.69) is 0 Å². The summed E-state index contributed by atoms with van der Waals surface area (Å²) in [5, 5.41) is 9.72. The Morgan fingerprint density at radius 1 is 1.35 bits per heavy atom. The minimum absolute atomic E-state index is 0.101. The molecule has 0 bridgehead atoms. The lowest BCUT2D eigenvalue weighted by Gasteiger charge is -2.39. The van der Waals surface area contributed by atoms with Crippen molar-refractivity contribution in [2.24, 2.45) is 5.73 Å². The van der Waals surface area contributed by atoms with Crippen molar-refractivity contribution in [3.63, 3.8) is 0 Å². The molecule has 0 aromatic heterocycles. The normalized spacial score (nSPS) is 18.8. The van der Waals surface area contributed by atoms with Gasteiger partial charge in [0.1, 0.15) is 5.75 Å². The van der Waals surface area contributed by atoms with E-state index in [9.17, 15) is 13.5 Å². The third kappa shape index (κ3) is 2.05. The molecule has 0 unspecified atom stereocenters. The molecule has 0 atom stereocenters. The molecule has 1 saturated carbocycles. The van der Waals surface area contributed by atoms with E-state index in [1.165, 1.54) is 18.4 Å². The average Bonchev–Trinajstić information content (AvgIpc) is 2.16. The summed E-state index contributed by atoms with van der Waals surface area (Å²) in [6.45, 7) is 1.68. The van der Waals surface area contributed by atoms with E-state index < -0.39 is 15.4 Å². The second kappa shape index (κ2) is 3.71. The quantitative estimate of drug-likeness (QED) is 0.838. The number of rotatable bonds is 2. The molecule has 17 heavy (non-hydrogen) atoms. The Bertz CT molecular complexity index is 559. The standard InChI is InChI=1S/C12H17NO3S/c1-8-6-11(17(2,15)16)9(7-10(8)14)12(13)4-3-5-12/h6-7,14H,3-5,13H2,1-2H3. The monoisotopic (exact) mass is 255 g/mol. The summed E-state index contributed by atoms with van der Waals surface area (Å²) in [5.74, 6) is 0.101. The smallest absolute Gasteiger partial charge is 0.175 e. The fourth-order valence-corrected chi connectivity index (χ4v) is 3.25. The summed E-state index contributed by atoms with van der Waals surface area (Å²) < 4.78 is 23.5. The zero-order chi connectivity index (χ0) is 12.8. The highest BCUT2D eigenvalue weighted by Gasteiger charge is 2.38. The van der Waals surface area contributed by atoms with Crippen molar-refractivity contribution in [3.05, 3.63) is 23.3 Å². The number of benzene rings is 1. The van der Waals surface area contributed by atoms with Gasteiger partial charge in [-0.2, -0.15) is 0 Å². The molecule has 1 fully saturated rings. The van der Waals surface area contributed by atoms with Gasteiger partial charge in [0.2, 0.25) is 0 Å². The second-order valence-corrected chi connectivity index (χ2v) is 6.90. The van der Waals surface area contributed by atoms with E-state index in [1.54, 1.807) is 6.92 Å². The lowest BCUT2D eigenvalue weighted by Crippen LogP contribution is -2.44. The van der Waals surface area contributed by atoms with E-state index in [-0.39, 0.29) is 10.6 Å². The minimum Gasteiger partial charge on any atom is -0.508 e. The molecular formula is C12H17NO3S. The van der Waals surface area contributed by atoms with Crippen LogP contribution >= 0.6 is 0 Å². The molecule has 0 heterocycles. The van der Waals surface area contributed by atoms with Gasteiger partial charge in [-0.1, -0.05) is 0 Å². The summed E-state index contributed by atoms with van der Waals surface area (Å²) in [4.78, 5) is 0.245. The third-order valence-electron chi connectivity index (χ3n) is 3.48. The molecule has 0 aliphatic heterocycles. The molecule has 0 radical (unpaired) electrons. The van der Waals surface area contributed by atoms with Crippen LogP contribution in [-0.2, 0) is 15.4 Å². The molecule has 94 valence electrons. The molecule has 3 N–H and O–H groups in total. The summed E-state index contributed by atoms with van der Waals surface area (Å²) in [5.41, 5.74) is 6.67. The molecule has 2 rings (SSSR count). The van der Waals surface area contributed by atoms with Gasteiger partial charge in [0.15, 0.2) is 9.84 Å². The predicted molar refractivity (Wildman–Crippen MR) is 65.7 cm³/mol. The Morgan fingerprint density at radius 2 is 1.94 bits per heavy atom. The van der Waals surface area contributed by atoms with Crippen LogP contribution in [0.15, 0.2) is 17.0 Å². The van der Waals surface area contributed by atoms with Crippen LogP contribution in [0, 0.1) is 6.92 Å². The highest BCUT2D eigenvalue weighted by molar-refractivity contribution is 7.90. The van der Waals surface area contributed by atoms with Crippen LogP contribution in [0.4, 0.5) is 0 Å². The summed E-state index contributed by atoms with van der Waals surface area (Å²) in [6.07, 6.45) is 3.69. The predicted octanol–water partition coefficient (Wildman–Crippen LogP) is 1.44. The van der Waals surface area contributed by atoms with Crippen molar-refractivity contribution < 1.29 is 13.5 Å². The number of aromatic hydroxyl groups is 1. The van der Waals surface area contributed by atoms with Crippen molar-refractivity contribution in [1.82, 2.24) is 0 Å². The lowest BCUT2D eigenvalue weighted by molar-refractivity contribution is 0.248. The number of hydrogen-bond acceptors (Lipinski definition) is 4. The van der Waals surface area contributed by atoms with Gasteiger partial charge < -0.3 is 10.8 Å². The highest BCUT2D eigenvalue weighted by atomic mass is 32.2. The Hall–Kier alpha value is -1.07. The van der Waals surface area contributed by atoms with Gasteiger partial charge in [-0.05, 0) is 49.4 Å². The molecule has 0 saturated heterocycles. The van der Waals surface area contributed by atoms with Crippen molar-refractivity contribution in [2.75, 3.05) is 6.26 Å². The zero-order valence-electron chi connectivity index (χ0n) is 10.0. The van der Waals surface area contributed by atoms with Crippen LogP contribution in [0.2, 0.25) is 0 Å². The number of sulfone groups is 1. The second-order valence-electron chi connectivity index (χ2n) is 4.92. The Labute approximate surface area is 101 Å². The van der Waals surface area contributed by atoms with Crippen LogP contribution in [0.25, 0.3) is 0 Å². The molecular weight excluding hydrogens is 238 g/mol. The number of hydrogen-bond donors (Lipinski definition) is 2. The Kier molecular flexibility index (Phi) is 2.71. The van der Waals surface area contributed by atoms with Gasteiger partial charge in [-0.25, -0.2) is 8.42 Å². The first-order valence-electron chi connectivity index (χ1n) is 5.57. The van der Waals surface area contributed by atoms with Gasteiger partial charge >= 0.3 is 0 Å². The van der Waals surface area contributed by atoms with Crippen LogP contribution < -0.4 is 5.73 Å². The minimum atomic E-state index is -3.32. The van der Waals surface area contributed by atoms with Crippen LogP contribution in [-0.4, -0.2) is 19.8 Å². The van der Waals surface area contributed by atoms with Crippen LogP contribution in [0.1, 0.15) is 30.4 Å². The number of nitrogens with two attached hydrogens (primary N) is 1. The van der Waals surface area contributed by atoms with Crippen molar-refractivity contribution in [3.8, 4) is 5.75 Å². The SMILES string of the molecule is Cc1cc(S(C)(=O)=O)c(C2(N)CCC2)cc1O. The maximum Gasteiger partial charge on any atom is 0.175 e. The van der Waals surface area contributed by atoms with Crippen LogP contribution in [0.3, 0.4) is 0 Å². The molecule has 0 spiro atoms. The first-order chi connectivity index (χ1) is 7.74. The molecule has 1 aliphatic rings. The van der Waals surface area contributed by atoms with E-state index in [1.807, 2.05) is 0 Å². The fraction of sp³-hybridized carbons (Fsp3) is 0.500. The van der Waals surface area contributed by atoms with Crippen molar-refractivity contribution in [1.29, 1.82) is 0 Å². The summed E-state index contributed by atoms with van der Waals surface area (Å²) >= 11 is 0. The molecule has 0 amide bonds. The van der Waals surface area contributed by atoms with Gasteiger partial charge in [0.05, 0.1) is 4.90 Å². The Balaban J connectivity index is 2.69. The van der Waals surface area contributed by atoms with E-state index in [4.69, 9.17) is 5.73 Å².